The number of hydrogen-bond acceptors (Lipinski definition) is 4. The minimum Gasteiger partial charge on any atom is -0.355 e. The molecule has 1 atom stereocenters. The molecule has 1 N–H and O–H groups in total. The van der Waals surface area contributed by atoms with Crippen molar-refractivity contribution in [2.75, 3.05) is 17.4 Å². The van der Waals surface area contributed by atoms with Crippen LogP contribution in [0.3, 0.4) is 0 Å². The molecular weight excluding hydrogens is 498 g/mol. The zero-order chi connectivity index (χ0) is 26.3. The molecule has 0 bridgehead atoms. The van der Waals surface area contributed by atoms with Gasteiger partial charge in [0.1, 0.15) is 12.6 Å². The summed E-state index contributed by atoms with van der Waals surface area (Å²) in [7, 11) is -4.09. The predicted molar refractivity (Wildman–Crippen MR) is 142 cm³/mol. The molecule has 7 nitrogen and oxygen atoms in total. The number of hydrogen-bond donors (Lipinski definition) is 1. The van der Waals surface area contributed by atoms with Crippen molar-refractivity contribution in [1.29, 1.82) is 0 Å². The van der Waals surface area contributed by atoms with E-state index in [1.807, 2.05) is 31.2 Å². The van der Waals surface area contributed by atoms with Gasteiger partial charge in [-0.15, -0.1) is 0 Å². The second-order valence-corrected chi connectivity index (χ2v) is 10.6. The Labute approximate surface area is 217 Å². The average molecular weight is 528 g/mol. The Morgan fingerprint density at radius 1 is 0.944 bits per heavy atom. The van der Waals surface area contributed by atoms with E-state index in [0.717, 1.165) is 15.4 Å². The van der Waals surface area contributed by atoms with Gasteiger partial charge in [0.15, 0.2) is 0 Å². The quantitative estimate of drug-likeness (QED) is 0.423. The number of rotatable bonds is 10. The fraction of sp³-hybridized carbons (Fsp3) is 0.259. The Morgan fingerprint density at radius 2 is 1.56 bits per heavy atom. The van der Waals surface area contributed by atoms with Gasteiger partial charge in [-0.05, 0) is 68.3 Å². The van der Waals surface area contributed by atoms with Crippen molar-refractivity contribution < 1.29 is 18.0 Å². The van der Waals surface area contributed by atoms with Crippen molar-refractivity contribution in [3.63, 3.8) is 0 Å². The molecule has 3 aromatic rings. The lowest BCUT2D eigenvalue weighted by Gasteiger charge is -2.32. The lowest BCUT2D eigenvalue weighted by Crippen LogP contribution is -2.51. The molecular formula is C27H30ClN3O4S. The number of sulfonamides is 1. The summed E-state index contributed by atoms with van der Waals surface area (Å²) >= 11 is 6.03. The number of anilines is 1. The lowest BCUT2D eigenvalue weighted by atomic mass is 10.1. The molecule has 0 aromatic heterocycles. The SMILES string of the molecule is CCNC(=O)C(C)N(Cc1ccccc1C)C(=O)CN(c1ccc(Cl)cc1)S(=O)(=O)c1ccccc1. The molecule has 9 heteroatoms. The molecule has 0 aliphatic rings. The van der Waals surface area contributed by atoms with Gasteiger partial charge < -0.3 is 10.2 Å². The third-order valence-corrected chi connectivity index (χ3v) is 7.88. The number of nitrogens with one attached hydrogen (secondary N) is 1. The van der Waals surface area contributed by atoms with Crippen LogP contribution in [-0.4, -0.2) is 44.3 Å². The molecule has 3 aromatic carbocycles. The van der Waals surface area contributed by atoms with Gasteiger partial charge in [0.25, 0.3) is 10.0 Å². The number of carbonyl (C=O) groups excluding carboxylic acids is 2. The maximum absolute atomic E-state index is 13.8. The van der Waals surface area contributed by atoms with Crippen molar-refractivity contribution in [3.8, 4) is 0 Å². The molecule has 190 valence electrons. The van der Waals surface area contributed by atoms with E-state index in [2.05, 4.69) is 5.32 Å². The van der Waals surface area contributed by atoms with Crippen LogP contribution in [0.4, 0.5) is 5.69 Å². The third kappa shape index (κ3) is 6.44. The monoisotopic (exact) mass is 527 g/mol. The fourth-order valence-electron chi connectivity index (χ4n) is 3.73. The second kappa shape index (κ2) is 12.1. The van der Waals surface area contributed by atoms with Crippen LogP contribution in [-0.2, 0) is 26.2 Å². The predicted octanol–water partition coefficient (Wildman–Crippen LogP) is 4.40. The van der Waals surface area contributed by atoms with Gasteiger partial charge in [-0.1, -0.05) is 54.1 Å². The molecule has 0 spiro atoms. The van der Waals surface area contributed by atoms with E-state index in [-0.39, 0.29) is 23.0 Å². The zero-order valence-electron chi connectivity index (χ0n) is 20.5. The number of amides is 2. The molecule has 36 heavy (non-hydrogen) atoms. The van der Waals surface area contributed by atoms with Gasteiger partial charge in [-0.2, -0.15) is 0 Å². The van der Waals surface area contributed by atoms with Crippen LogP contribution < -0.4 is 9.62 Å². The molecule has 1 unspecified atom stereocenters. The first-order valence-electron chi connectivity index (χ1n) is 11.6. The Morgan fingerprint density at radius 3 is 2.17 bits per heavy atom. The number of benzene rings is 3. The summed E-state index contributed by atoms with van der Waals surface area (Å²) in [5, 5.41) is 3.19. The van der Waals surface area contributed by atoms with Crippen LogP contribution in [0, 0.1) is 6.92 Å². The van der Waals surface area contributed by atoms with Gasteiger partial charge in [-0.3, -0.25) is 13.9 Å². The Kier molecular flexibility index (Phi) is 9.12. The number of aryl methyl sites for hydroxylation is 1. The Hall–Kier alpha value is -3.36. The van der Waals surface area contributed by atoms with Crippen molar-refractivity contribution >= 4 is 39.1 Å². The molecule has 0 aliphatic carbocycles. The minimum absolute atomic E-state index is 0.0509. The molecule has 0 radical (unpaired) electrons. The third-order valence-electron chi connectivity index (χ3n) is 5.84. The van der Waals surface area contributed by atoms with Crippen molar-refractivity contribution in [1.82, 2.24) is 10.2 Å². The fourth-order valence-corrected chi connectivity index (χ4v) is 5.29. The van der Waals surface area contributed by atoms with E-state index in [4.69, 9.17) is 11.6 Å². The van der Waals surface area contributed by atoms with Gasteiger partial charge in [-0.25, -0.2) is 8.42 Å². The lowest BCUT2D eigenvalue weighted by molar-refractivity contribution is -0.139. The topological polar surface area (TPSA) is 86.8 Å². The van der Waals surface area contributed by atoms with Gasteiger partial charge in [0.05, 0.1) is 10.6 Å². The van der Waals surface area contributed by atoms with E-state index < -0.39 is 28.5 Å². The summed E-state index contributed by atoms with van der Waals surface area (Å²) in [6.45, 7) is 5.44. The van der Waals surface area contributed by atoms with Crippen LogP contribution in [0.5, 0.6) is 0 Å². The number of likely N-dealkylation sites (N-methyl/N-ethyl adjacent to an activating group) is 1. The first-order valence-corrected chi connectivity index (χ1v) is 13.4. The number of halogens is 1. The highest BCUT2D eigenvalue weighted by molar-refractivity contribution is 7.92. The van der Waals surface area contributed by atoms with Crippen LogP contribution in [0.25, 0.3) is 0 Å². The maximum atomic E-state index is 13.8. The highest BCUT2D eigenvalue weighted by atomic mass is 35.5. The van der Waals surface area contributed by atoms with Crippen molar-refractivity contribution in [2.24, 2.45) is 0 Å². The summed E-state index contributed by atoms with van der Waals surface area (Å²) in [5.41, 5.74) is 2.12. The highest BCUT2D eigenvalue weighted by Crippen LogP contribution is 2.26. The molecule has 0 aliphatic heterocycles. The van der Waals surface area contributed by atoms with E-state index in [0.29, 0.717) is 11.6 Å². The maximum Gasteiger partial charge on any atom is 0.264 e. The highest BCUT2D eigenvalue weighted by Gasteiger charge is 2.32. The number of nitrogens with zero attached hydrogens (tertiary/aromatic N) is 2. The normalized spacial score (nSPS) is 12.0. The van der Waals surface area contributed by atoms with Gasteiger partial charge in [0.2, 0.25) is 11.8 Å². The molecule has 0 heterocycles. The molecule has 2 amide bonds. The first kappa shape index (κ1) is 27.2. The summed E-state index contributed by atoms with van der Waals surface area (Å²) in [6, 6.07) is 20.9. The first-order chi connectivity index (χ1) is 17.1. The van der Waals surface area contributed by atoms with Crippen LogP contribution >= 0.6 is 11.6 Å². The van der Waals surface area contributed by atoms with Crippen LogP contribution in [0.2, 0.25) is 5.02 Å². The molecule has 0 saturated carbocycles. The van der Waals surface area contributed by atoms with Gasteiger partial charge >= 0.3 is 0 Å². The van der Waals surface area contributed by atoms with E-state index in [1.165, 1.54) is 17.0 Å². The summed E-state index contributed by atoms with van der Waals surface area (Å²) < 4.78 is 28.3. The summed E-state index contributed by atoms with van der Waals surface area (Å²) in [5.74, 6) is -0.824. The minimum atomic E-state index is -4.09. The van der Waals surface area contributed by atoms with E-state index in [9.17, 15) is 18.0 Å². The number of carbonyl (C=O) groups is 2. The second-order valence-electron chi connectivity index (χ2n) is 8.32. The summed E-state index contributed by atoms with van der Waals surface area (Å²) in [4.78, 5) is 27.9. The largest absolute Gasteiger partial charge is 0.355 e. The zero-order valence-corrected chi connectivity index (χ0v) is 22.1. The van der Waals surface area contributed by atoms with Crippen molar-refractivity contribution in [3.05, 3.63) is 95.0 Å². The van der Waals surface area contributed by atoms with Crippen LogP contribution in [0.15, 0.2) is 83.8 Å². The molecule has 3 rings (SSSR count). The summed E-state index contributed by atoms with van der Waals surface area (Å²) in [6.07, 6.45) is 0. The van der Waals surface area contributed by atoms with E-state index >= 15 is 0 Å². The standard InChI is InChI=1S/C27H30ClN3O4S/c1-4-29-27(33)21(3)30(18-22-11-9-8-10-20(22)2)26(32)19-31(24-16-14-23(28)15-17-24)36(34,35)25-12-6-5-7-13-25/h5-17,21H,4,18-19H2,1-3H3,(H,29,33). The molecule has 0 saturated heterocycles. The Balaban J connectivity index is 2.02. The average Bonchev–Trinajstić information content (AvgIpc) is 2.87. The van der Waals surface area contributed by atoms with E-state index in [1.54, 1.807) is 56.3 Å². The smallest absolute Gasteiger partial charge is 0.264 e. The van der Waals surface area contributed by atoms with Gasteiger partial charge in [0, 0.05) is 18.1 Å². The molecule has 0 fully saturated rings. The Bertz CT molecular complexity index is 1300. The van der Waals surface area contributed by atoms with Crippen molar-refractivity contribution in [2.45, 2.75) is 38.3 Å². The van der Waals surface area contributed by atoms with Crippen LogP contribution in [0.1, 0.15) is 25.0 Å².